The lowest BCUT2D eigenvalue weighted by Gasteiger charge is -2.21. The molecule has 0 spiro atoms. The van der Waals surface area contributed by atoms with E-state index >= 15 is 0 Å². The van der Waals surface area contributed by atoms with Crippen LogP contribution in [0, 0.1) is 0 Å². The maximum absolute atomic E-state index is 5.93. The average Bonchev–Trinajstić information content (AvgIpc) is 2.83. The second-order valence-corrected chi connectivity index (χ2v) is 4.30. The van der Waals surface area contributed by atoms with Gasteiger partial charge in [0.15, 0.2) is 11.5 Å². The highest BCUT2D eigenvalue weighted by Gasteiger charge is 2.16. The van der Waals surface area contributed by atoms with Gasteiger partial charge in [-0.05, 0) is 13.3 Å². The SMILES string of the molecule is CCC(COC)O[C@H](C)n1cnc2c(N)ncnc21. The van der Waals surface area contributed by atoms with Gasteiger partial charge in [-0.2, -0.15) is 0 Å². The van der Waals surface area contributed by atoms with Gasteiger partial charge < -0.3 is 15.2 Å². The molecular formula is C12H19N5O2. The van der Waals surface area contributed by atoms with Crippen molar-refractivity contribution in [2.75, 3.05) is 19.5 Å². The van der Waals surface area contributed by atoms with Crippen molar-refractivity contribution in [2.45, 2.75) is 32.6 Å². The molecule has 2 aromatic heterocycles. The molecule has 2 rings (SSSR count). The van der Waals surface area contributed by atoms with Crippen molar-refractivity contribution in [3.63, 3.8) is 0 Å². The molecule has 2 atom stereocenters. The number of fused-ring (bicyclic) bond motifs is 1. The minimum atomic E-state index is -0.195. The highest BCUT2D eigenvalue weighted by Crippen LogP contribution is 2.20. The van der Waals surface area contributed by atoms with Crippen LogP contribution in [0.15, 0.2) is 12.7 Å². The fourth-order valence-corrected chi connectivity index (χ4v) is 1.92. The van der Waals surface area contributed by atoms with Crippen molar-refractivity contribution in [1.29, 1.82) is 0 Å². The van der Waals surface area contributed by atoms with Gasteiger partial charge in [-0.15, -0.1) is 0 Å². The number of hydrogen-bond acceptors (Lipinski definition) is 6. The summed E-state index contributed by atoms with van der Waals surface area (Å²) in [6.45, 7) is 4.56. The van der Waals surface area contributed by atoms with Crippen molar-refractivity contribution < 1.29 is 9.47 Å². The molecule has 0 saturated carbocycles. The largest absolute Gasteiger partial charge is 0.382 e. The summed E-state index contributed by atoms with van der Waals surface area (Å²) in [6.07, 6.45) is 3.81. The third-order valence-electron chi connectivity index (χ3n) is 2.98. The van der Waals surface area contributed by atoms with Crippen LogP contribution in [0.3, 0.4) is 0 Å². The van der Waals surface area contributed by atoms with E-state index in [0.29, 0.717) is 23.6 Å². The van der Waals surface area contributed by atoms with Crippen molar-refractivity contribution in [3.05, 3.63) is 12.7 Å². The molecule has 2 heterocycles. The van der Waals surface area contributed by atoms with Gasteiger partial charge in [-0.1, -0.05) is 6.92 Å². The van der Waals surface area contributed by atoms with Crippen LogP contribution in [0.25, 0.3) is 11.2 Å². The Balaban J connectivity index is 2.21. The van der Waals surface area contributed by atoms with Gasteiger partial charge >= 0.3 is 0 Å². The van der Waals surface area contributed by atoms with E-state index in [1.54, 1.807) is 13.4 Å². The Labute approximate surface area is 111 Å². The molecule has 1 unspecified atom stereocenters. The number of aromatic nitrogens is 4. The zero-order valence-corrected chi connectivity index (χ0v) is 11.4. The Bertz CT molecular complexity index is 542. The van der Waals surface area contributed by atoms with Crippen molar-refractivity contribution in [1.82, 2.24) is 19.5 Å². The van der Waals surface area contributed by atoms with E-state index in [0.717, 1.165) is 6.42 Å². The predicted octanol–water partition coefficient (Wildman–Crippen LogP) is 1.37. The van der Waals surface area contributed by atoms with Crippen LogP contribution in [-0.2, 0) is 9.47 Å². The van der Waals surface area contributed by atoms with Gasteiger partial charge in [0, 0.05) is 7.11 Å². The van der Waals surface area contributed by atoms with E-state index in [4.69, 9.17) is 15.2 Å². The third-order valence-corrected chi connectivity index (χ3v) is 2.98. The number of nitrogen functional groups attached to an aromatic ring is 1. The number of anilines is 1. The topological polar surface area (TPSA) is 88.1 Å². The van der Waals surface area contributed by atoms with Crippen LogP contribution in [0.5, 0.6) is 0 Å². The monoisotopic (exact) mass is 265 g/mol. The lowest BCUT2D eigenvalue weighted by Crippen LogP contribution is -2.22. The molecule has 0 radical (unpaired) electrons. The van der Waals surface area contributed by atoms with Crippen LogP contribution in [-0.4, -0.2) is 39.3 Å². The van der Waals surface area contributed by atoms with Crippen molar-refractivity contribution in [3.8, 4) is 0 Å². The lowest BCUT2D eigenvalue weighted by molar-refractivity contribution is -0.0720. The highest BCUT2D eigenvalue weighted by molar-refractivity contribution is 5.81. The molecule has 0 fully saturated rings. The molecule has 7 nitrogen and oxygen atoms in total. The first-order valence-electron chi connectivity index (χ1n) is 6.24. The van der Waals surface area contributed by atoms with Crippen LogP contribution in [0.4, 0.5) is 5.82 Å². The molecule has 0 aliphatic rings. The molecule has 19 heavy (non-hydrogen) atoms. The lowest BCUT2D eigenvalue weighted by atomic mass is 10.3. The summed E-state index contributed by atoms with van der Waals surface area (Å²) in [6, 6.07) is 0. The van der Waals surface area contributed by atoms with Crippen LogP contribution < -0.4 is 5.73 Å². The summed E-state index contributed by atoms with van der Waals surface area (Å²) in [7, 11) is 1.66. The summed E-state index contributed by atoms with van der Waals surface area (Å²) < 4.78 is 12.9. The molecule has 0 aliphatic heterocycles. The molecule has 0 bridgehead atoms. The number of methoxy groups -OCH3 is 1. The molecule has 2 N–H and O–H groups in total. The summed E-state index contributed by atoms with van der Waals surface area (Å²) in [5, 5.41) is 0. The fraction of sp³-hybridized carbons (Fsp3) is 0.583. The van der Waals surface area contributed by atoms with E-state index < -0.39 is 0 Å². The maximum Gasteiger partial charge on any atom is 0.167 e. The Kier molecular flexibility index (Phi) is 4.28. The van der Waals surface area contributed by atoms with E-state index in [1.807, 2.05) is 11.5 Å². The summed E-state index contributed by atoms with van der Waals surface area (Å²) in [4.78, 5) is 12.3. The van der Waals surface area contributed by atoms with E-state index in [-0.39, 0.29) is 12.3 Å². The summed E-state index contributed by atoms with van der Waals surface area (Å²) >= 11 is 0. The first kappa shape index (κ1) is 13.7. The zero-order valence-electron chi connectivity index (χ0n) is 11.4. The first-order chi connectivity index (χ1) is 9.17. The molecule has 0 aromatic carbocycles. The smallest absolute Gasteiger partial charge is 0.167 e. The van der Waals surface area contributed by atoms with Crippen LogP contribution in [0.1, 0.15) is 26.5 Å². The standard InChI is InChI=1S/C12H19N5O2/c1-4-9(5-18-3)19-8(2)17-7-16-10-11(13)14-6-15-12(10)17/h6-9H,4-5H2,1-3H3,(H2,13,14,15)/t8-,9?/m1/s1. The number of rotatable bonds is 6. The minimum Gasteiger partial charge on any atom is -0.382 e. The van der Waals surface area contributed by atoms with E-state index in [1.165, 1.54) is 6.33 Å². The molecule has 7 heteroatoms. The fourth-order valence-electron chi connectivity index (χ4n) is 1.92. The van der Waals surface area contributed by atoms with Gasteiger partial charge in [0.2, 0.25) is 0 Å². The molecule has 0 amide bonds. The number of nitrogens with two attached hydrogens (primary N) is 1. The number of hydrogen-bond donors (Lipinski definition) is 1. The van der Waals surface area contributed by atoms with Crippen molar-refractivity contribution in [2.24, 2.45) is 0 Å². The highest BCUT2D eigenvalue weighted by atomic mass is 16.5. The van der Waals surface area contributed by atoms with E-state index in [2.05, 4.69) is 21.9 Å². The number of imidazole rings is 1. The Morgan fingerprint density at radius 3 is 2.84 bits per heavy atom. The molecule has 0 saturated heterocycles. The van der Waals surface area contributed by atoms with Gasteiger partial charge in [-0.3, -0.25) is 4.57 Å². The molecule has 0 aliphatic carbocycles. The van der Waals surface area contributed by atoms with E-state index in [9.17, 15) is 0 Å². The van der Waals surface area contributed by atoms with Gasteiger partial charge in [0.25, 0.3) is 0 Å². The molecular weight excluding hydrogens is 246 g/mol. The normalized spacial score (nSPS) is 14.7. The van der Waals surface area contributed by atoms with Crippen molar-refractivity contribution >= 4 is 17.0 Å². The Morgan fingerprint density at radius 1 is 1.37 bits per heavy atom. The number of nitrogens with zero attached hydrogens (tertiary/aromatic N) is 4. The zero-order chi connectivity index (χ0) is 13.8. The Hall–Kier alpha value is -1.73. The van der Waals surface area contributed by atoms with Gasteiger partial charge in [-0.25, -0.2) is 15.0 Å². The van der Waals surface area contributed by atoms with Gasteiger partial charge in [0.05, 0.1) is 19.0 Å². The Morgan fingerprint density at radius 2 is 2.16 bits per heavy atom. The second kappa shape index (κ2) is 5.94. The van der Waals surface area contributed by atoms with Gasteiger partial charge in [0.1, 0.15) is 18.1 Å². The minimum absolute atomic E-state index is 0.0386. The predicted molar refractivity (Wildman–Crippen MR) is 71.5 cm³/mol. The molecule has 104 valence electrons. The number of ether oxygens (including phenoxy) is 2. The van der Waals surface area contributed by atoms with Crippen LogP contribution in [0.2, 0.25) is 0 Å². The molecule has 2 aromatic rings. The third kappa shape index (κ3) is 2.82. The first-order valence-corrected chi connectivity index (χ1v) is 6.24. The average molecular weight is 265 g/mol. The summed E-state index contributed by atoms with van der Waals surface area (Å²) in [5.41, 5.74) is 7.03. The maximum atomic E-state index is 5.93. The quantitative estimate of drug-likeness (QED) is 0.848. The van der Waals surface area contributed by atoms with Crippen LogP contribution >= 0.6 is 0 Å². The summed E-state index contributed by atoms with van der Waals surface area (Å²) in [5.74, 6) is 0.375. The second-order valence-electron chi connectivity index (χ2n) is 4.30.